The van der Waals surface area contributed by atoms with Crippen LogP contribution in [0.4, 0.5) is 0 Å². The second-order valence-electron chi connectivity index (χ2n) is 6.53. The van der Waals surface area contributed by atoms with Gasteiger partial charge in [-0.3, -0.25) is 4.79 Å². The topological polar surface area (TPSA) is 98.8 Å². The van der Waals surface area contributed by atoms with Gasteiger partial charge in [-0.05, 0) is 36.6 Å². The minimum absolute atomic E-state index is 0.0886. The Morgan fingerprint density at radius 1 is 1.25 bits per heavy atom. The van der Waals surface area contributed by atoms with Crippen LogP contribution in [-0.2, 0) is 4.79 Å². The van der Waals surface area contributed by atoms with Gasteiger partial charge in [-0.15, -0.1) is 10.2 Å². The Morgan fingerprint density at radius 2 is 2.00 bits per heavy atom. The number of hydrogen-bond acceptors (Lipinski definition) is 7. The van der Waals surface area contributed by atoms with Gasteiger partial charge in [0.1, 0.15) is 0 Å². The Morgan fingerprint density at radius 3 is 2.68 bits per heavy atom. The third kappa shape index (κ3) is 4.83. The number of benzene rings is 1. The summed E-state index contributed by atoms with van der Waals surface area (Å²) < 4.78 is 12.3. The van der Waals surface area contributed by atoms with Crippen LogP contribution in [-0.4, -0.2) is 52.1 Å². The lowest BCUT2D eigenvalue weighted by atomic mass is 9.89. The van der Waals surface area contributed by atoms with Crippen LogP contribution >= 0.6 is 11.8 Å². The zero-order valence-corrected chi connectivity index (χ0v) is 16.8. The van der Waals surface area contributed by atoms with E-state index in [4.69, 9.17) is 14.6 Å². The van der Waals surface area contributed by atoms with Crippen LogP contribution in [0.1, 0.15) is 49.4 Å². The maximum Gasteiger partial charge on any atom is 0.313 e. The normalized spacial score (nSPS) is 15.1. The monoisotopic (exact) mass is 404 g/mol. The molecule has 1 aliphatic rings. The quantitative estimate of drug-likeness (QED) is 0.532. The fourth-order valence-electron chi connectivity index (χ4n) is 3.27. The average Bonchev–Trinajstić information content (AvgIpc) is 3.13. The molecule has 28 heavy (non-hydrogen) atoms. The lowest BCUT2D eigenvalue weighted by Gasteiger charge is -2.20. The van der Waals surface area contributed by atoms with Crippen molar-refractivity contribution in [2.24, 2.45) is 5.10 Å². The minimum atomic E-state index is -0.900. The Bertz CT molecular complexity index is 846. The second kappa shape index (κ2) is 9.59. The molecule has 1 heterocycles. The Balaban J connectivity index is 1.90. The zero-order valence-electron chi connectivity index (χ0n) is 16.0. The molecule has 1 aromatic carbocycles. The second-order valence-corrected chi connectivity index (χ2v) is 7.47. The molecule has 0 bridgehead atoms. The highest BCUT2D eigenvalue weighted by atomic mass is 32.2. The SMILES string of the molecule is COc1ccc(/C=N\n2c(SCC(=O)O)nnc2C2CCCCC2)cc1OC. The van der Waals surface area contributed by atoms with Crippen molar-refractivity contribution in [1.29, 1.82) is 0 Å². The molecule has 0 spiro atoms. The molecule has 1 N–H and O–H groups in total. The number of rotatable bonds is 8. The van der Waals surface area contributed by atoms with Crippen molar-refractivity contribution in [2.45, 2.75) is 43.2 Å². The lowest BCUT2D eigenvalue weighted by Crippen LogP contribution is -2.11. The van der Waals surface area contributed by atoms with E-state index in [1.54, 1.807) is 25.1 Å². The fourth-order valence-corrected chi connectivity index (χ4v) is 3.89. The van der Waals surface area contributed by atoms with E-state index in [1.807, 2.05) is 18.2 Å². The van der Waals surface area contributed by atoms with E-state index < -0.39 is 5.97 Å². The van der Waals surface area contributed by atoms with Crippen LogP contribution in [0.25, 0.3) is 0 Å². The number of carboxylic acid groups (broad SMARTS) is 1. The van der Waals surface area contributed by atoms with Gasteiger partial charge in [0.2, 0.25) is 5.16 Å². The summed E-state index contributed by atoms with van der Waals surface area (Å²) in [5, 5.41) is 22.6. The molecule has 1 aliphatic carbocycles. The number of thioether (sulfide) groups is 1. The average molecular weight is 404 g/mol. The van der Waals surface area contributed by atoms with Gasteiger partial charge in [0.25, 0.3) is 0 Å². The maximum absolute atomic E-state index is 11.0. The Hall–Kier alpha value is -2.55. The van der Waals surface area contributed by atoms with Crippen LogP contribution in [0.5, 0.6) is 11.5 Å². The molecular weight excluding hydrogens is 380 g/mol. The molecule has 0 saturated heterocycles. The molecule has 1 fully saturated rings. The molecular formula is C19H24N4O4S. The van der Waals surface area contributed by atoms with Crippen LogP contribution in [0.3, 0.4) is 0 Å². The summed E-state index contributed by atoms with van der Waals surface area (Å²) in [6, 6.07) is 5.52. The lowest BCUT2D eigenvalue weighted by molar-refractivity contribution is -0.133. The number of methoxy groups -OCH3 is 2. The van der Waals surface area contributed by atoms with Gasteiger partial charge in [-0.2, -0.15) is 9.78 Å². The van der Waals surface area contributed by atoms with E-state index in [-0.39, 0.29) is 5.75 Å². The first-order valence-corrected chi connectivity index (χ1v) is 10.2. The number of hydrogen-bond donors (Lipinski definition) is 1. The summed E-state index contributed by atoms with van der Waals surface area (Å²) in [7, 11) is 3.17. The fraction of sp³-hybridized carbons (Fsp3) is 0.474. The molecule has 0 unspecified atom stereocenters. The highest BCUT2D eigenvalue weighted by Gasteiger charge is 2.23. The molecule has 1 aromatic heterocycles. The van der Waals surface area contributed by atoms with Gasteiger partial charge in [-0.1, -0.05) is 31.0 Å². The van der Waals surface area contributed by atoms with Gasteiger partial charge in [0.15, 0.2) is 17.3 Å². The van der Waals surface area contributed by atoms with Crippen molar-refractivity contribution < 1.29 is 19.4 Å². The van der Waals surface area contributed by atoms with Crippen LogP contribution < -0.4 is 9.47 Å². The minimum Gasteiger partial charge on any atom is -0.493 e. The summed E-state index contributed by atoms with van der Waals surface area (Å²) >= 11 is 1.12. The first-order valence-electron chi connectivity index (χ1n) is 9.18. The summed E-state index contributed by atoms with van der Waals surface area (Å²) in [5.41, 5.74) is 0.829. The number of aromatic nitrogens is 3. The molecule has 150 valence electrons. The van der Waals surface area contributed by atoms with Crippen molar-refractivity contribution in [1.82, 2.24) is 14.9 Å². The summed E-state index contributed by atoms with van der Waals surface area (Å²) in [6.07, 6.45) is 7.35. The maximum atomic E-state index is 11.0. The largest absolute Gasteiger partial charge is 0.493 e. The highest BCUT2D eigenvalue weighted by molar-refractivity contribution is 7.99. The van der Waals surface area contributed by atoms with E-state index in [0.717, 1.165) is 48.8 Å². The molecule has 0 atom stereocenters. The van der Waals surface area contributed by atoms with Gasteiger partial charge >= 0.3 is 5.97 Å². The number of ether oxygens (including phenoxy) is 2. The van der Waals surface area contributed by atoms with Crippen molar-refractivity contribution in [2.75, 3.05) is 20.0 Å². The van der Waals surface area contributed by atoms with E-state index in [1.165, 1.54) is 6.42 Å². The Kier molecular flexibility index (Phi) is 6.91. The Labute approximate surface area is 167 Å². The highest BCUT2D eigenvalue weighted by Crippen LogP contribution is 2.33. The van der Waals surface area contributed by atoms with E-state index in [0.29, 0.717) is 22.6 Å². The molecule has 2 aromatic rings. The van der Waals surface area contributed by atoms with Crippen molar-refractivity contribution in [3.63, 3.8) is 0 Å². The van der Waals surface area contributed by atoms with E-state index in [2.05, 4.69) is 15.3 Å². The molecule has 8 nitrogen and oxygen atoms in total. The summed E-state index contributed by atoms with van der Waals surface area (Å²) in [6.45, 7) is 0. The van der Waals surface area contributed by atoms with Crippen molar-refractivity contribution in [3.05, 3.63) is 29.6 Å². The van der Waals surface area contributed by atoms with Gasteiger partial charge < -0.3 is 14.6 Å². The number of nitrogens with zero attached hydrogens (tertiary/aromatic N) is 4. The van der Waals surface area contributed by atoms with E-state index >= 15 is 0 Å². The van der Waals surface area contributed by atoms with Gasteiger partial charge in [0.05, 0.1) is 26.2 Å². The van der Waals surface area contributed by atoms with Crippen molar-refractivity contribution >= 4 is 23.9 Å². The predicted molar refractivity (Wildman–Crippen MR) is 107 cm³/mol. The van der Waals surface area contributed by atoms with Gasteiger partial charge in [0, 0.05) is 5.92 Å². The number of carboxylic acids is 1. The van der Waals surface area contributed by atoms with Crippen LogP contribution in [0, 0.1) is 0 Å². The summed E-state index contributed by atoms with van der Waals surface area (Å²) in [4.78, 5) is 11.0. The first-order chi connectivity index (χ1) is 13.6. The standard InChI is InChI=1S/C19H24N4O4S/c1-26-15-9-8-13(10-16(15)27-2)11-20-23-18(14-6-4-3-5-7-14)21-22-19(23)28-12-17(24)25/h8-11,14H,3-7,12H2,1-2H3,(H,24,25)/b20-11-. The molecule has 0 aliphatic heterocycles. The first kappa shape index (κ1) is 20.2. The predicted octanol–water partition coefficient (Wildman–Crippen LogP) is 3.40. The molecule has 1 saturated carbocycles. The zero-order chi connectivity index (χ0) is 19.9. The molecule has 9 heteroatoms. The molecule has 3 rings (SSSR count). The third-order valence-electron chi connectivity index (χ3n) is 4.66. The van der Waals surface area contributed by atoms with Crippen LogP contribution in [0.15, 0.2) is 28.5 Å². The van der Waals surface area contributed by atoms with E-state index in [9.17, 15) is 4.79 Å². The third-order valence-corrected chi connectivity index (χ3v) is 5.57. The number of aliphatic carboxylic acids is 1. The molecule has 0 amide bonds. The van der Waals surface area contributed by atoms with Crippen LogP contribution in [0.2, 0.25) is 0 Å². The summed E-state index contributed by atoms with van der Waals surface area (Å²) in [5.74, 6) is 1.36. The number of carbonyl (C=O) groups is 1. The molecule has 0 radical (unpaired) electrons. The van der Waals surface area contributed by atoms with Crippen molar-refractivity contribution in [3.8, 4) is 11.5 Å². The smallest absolute Gasteiger partial charge is 0.313 e. The van der Waals surface area contributed by atoms with Gasteiger partial charge in [-0.25, -0.2) is 0 Å².